The van der Waals surface area contributed by atoms with Gasteiger partial charge in [0.05, 0.1) is 17.6 Å². The van der Waals surface area contributed by atoms with Crippen LogP contribution in [0.5, 0.6) is 0 Å². The Morgan fingerprint density at radius 2 is 1.89 bits per heavy atom. The standard InChI is InChI=1S/C29H34N2O5/c1-17-7-12-25(36-17)28-26(29(33)35-16-22-6-5-13-34-22)18(2)30-23-14-20(15-24(32)27(23)28)19-8-10-21(11-9-19)31(3)4/h7-12,20,22,28,30H,5-6,13-16H2,1-4H3/t20-,22-,28+/m0/s1. The molecular weight excluding hydrogens is 456 g/mol. The van der Waals surface area contributed by atoms with Gasteiger partial charge in [0.15, 0.2) is 5.78 Å². The summed E-state index contributed by atoms with van der Waals surface area (Å²) in [5.41, 5.74) is 4.86. The van der Waals surface area contributed by atoms with E-state index in [9.17, 15) is 9.59 Å². The monoisotopic (exact) mass is 490 g/mol. The maximum absolute atomic E-state index is 13.7. The highest BCUT2D eigenvalue weighted by atomic mass is 16.6. The number of hydrogen-bond donors (Lipinski definition) is 1. The van der Waals surface area contributed by atoms with E-state index in [-0.39, 0.29) is 24.4 Å². The number of dihydropyridines is 1. The summed E-state index contributed by atoms with van der Waals surface area (Å²) in [5, 5.41) is 3.40. The molecule has 1 aromatic carbocycles. The van der Waals surface area contributed by atoms with E-state index < -0.39 is 11.9 Å². The molecule has 0 radical (unpaired) electrons. The molecule has 3 aliphatic rings. The smallest absolute Gasteiger partial charge is 0.336 e. The number of rotatable bonds is 6. The second-order valence-electron chi connectivity index (χ2n) is 10.2. The van der Waals surface area contributed by atoms with Crippen LogP contribution in [0.2, 0.25) is 0 Å². The van der Waals surface area contributed by atoms with Crippen molar-refractivity contribution in [1.29, 1.82) is 0 Å². The Hall–Kier alpha value is -3.32. The first-order valence-electron chi connectivity index (χ1n) is 12.7. The summed E-state index contributed by atoms with van der Waals surface area (Å²) < 4.78 is 17.3. The van der Waals surface area contributed by atoms with Crippen LogP contribution in [0.25, 0.3) is 0 Å². The summed E-state index contributed by atoms with van der Waals surface area (Å²) in [4.78, 5) is 29.1. The third-order valence-corrected chi connectivity index (χ3v) is 7.40. The predicted octanol–water partition coefficient (Wildman–Crippen LogP) is 4.74. The van der Waals surface area contributed by atoms with Crippen LogP contribution in [0.4, 0.5) is 5.69 Å². The molecule has 2 aliphatic heterocycles. The number of ether oxygens (including phenoxy) is 2. The number of nitrogens with one attached hydrogen (secondary N) is 1. The summed E-state index contributed by atoms with van der Waals surface area (Å²) in [6, 6.07) is 12.1. The molecule has 5 rings (SSSR count). The quantitative estimate of drug-likeness (QED) is 0.586. The third-order valence-electron chi connectivity index (χ3n) is 7.40. The second-order valence-corrected chi connectivity index (χ2v) is 10.2. The largest absolute Gasteiger partial charge is 0.465 e. The van der Waals surface area contributed by atoms with Gasteiger partial charge in [0.1, 0.15) is 18.1 Å². The topological polar surface area (TPSA) is 81.0 Å². The Morgan fingerprint density at radius 3 is 2.53 bits per heavy atom. The van der Waals surface area contributed by atoms with Crippen LogP contribution < -0.4 is 10.2 Å². The number of anilines is 1. The predicted molar refractivity (Wildman–Crippen MR) is 137 cm³/mol. The summed E-state index contributed by atoms with van der Waals surface area (Å²) in [6.45, 7) is 4.64. The van der Waals surface area contributed by atoms with Crippen LogP contribution in [0.15, 0.2) is 63.4 Å². The average Bonchev–Trinajstić information content (AvgIpc) is 3.53. The van der Waals surface area contributed by atoms with Gasteiger partial charge in [-0.2, -0.15) is 0 Å². The molecule has 0 spiro atoms. The minimum Gasteiger partial charge on any atom is -0.465 e. The highest BCUT2D eigenvalue weighted by molar-refractivity contribution is 6.04. The molecule has 0 saturated carbocycles. The van der Waals surface area contributed by atoms with E-state index in [1.165, 1.54) is 0 Å². The zero-order valence-corrected chi connectivity index (χ0v) is 21.4. The Balaban J connectivity index is 1.45. The van der Waals surface area contributed by atoms with Gasteiger partial charge >= 0.3 is 5.97 Å². The van der Waals surface area contributed by atoms with E-state index in [2.05, 4.69) is 34.5 Å². The number of Topliss-reactive ketones (excluding diaryl/α,β-unsaturated/α-hetero) is 1. The lowest BCUT2D eigenvalue weighted by atomic mass is 9.73. The highest BCUT2D eigenvalue weighted by Crippen LogP contribution is 2.46. The molecule has 1 saturated heterocycles. The highest BCUT2D eigenvalue weighted by Gasteiger charge is 2.43. The first-order chi connectivity index (χ1) is 17.3. The average molecular weight is 491 g/mol. The fourth-order valence-corrected chi connectivity index (χ4v) is 5.51. The molecule has 7 nitrogen and oxygen atoms in total. The zero-order chi connectivity index (χ0) is 25.4. The van der Waals surface area contributed by atoms with Crippen LogP contribution in [-0.4, -0.2) is 45.2 Å². The van der Waals surface area contributed by atoms with Crippen LogP contribution in [-0.2, 0) is 19.1 Å². The molecule has 1 N–H and O–H groups in total. The van der Waals surface area contributed by atoms with Gasteiger partial charge in [0.25, 0.3) is 0 Å². The van der Waals surface area contributed by atoms with E-state index in [1.807, 2.05) is 40.1 Å². The molecule has 36 heavy (non-hydrogen) atoms. The molecule has 3 heterocycles. The van der Waals surface area contributed by atoms with Crippen LogP contribution >= 0.6 is 0 Å². The molecule has 1 aromatic heterocycles. The number of allylic oxidation sites excluding steroid dienone is 3. The molecule has 0 amide bonds. The van der Waals surface area contributed by atoms with Crippen LogP contribution in [0.1, 0.15) is 61.5 Å². The fraction of sp³-hybridized carbons (Fsp3) is 0.448. The molecule has 1 fully saturated rings. The number of aryl methyl sites for hydroxylation is 1. The molecule has 0 unspecified atom stereocenters. The number of carbonyl (C=O) groups is 2. The molecule has 7 heteroatoms. The van der Waals surface area contributed by atoms with Gasteiger partial charge in [-0.25, -0.2) is 4.79 Å². The SMILES string of the molecule is CC1=C(C(=O)OC[C@@H]2CCCO2)[C@@H](c2ccc(C)o2)C2=C(C[C@H](c3ccc(N(C)C)cc3)CC2=O)N1. The van der Waals surface area contributed by atoms with Gasteiger partial charge in [-0.15, -0.1) is 0 Å². The molecule has 2 aromatic rings. The lowest BCUT2D eigenvalue weighted by Gasteiger charge is -2.36. The lowest BCUT2D eigenvalue weighted by Crippen LogP contribution is -2.36. The van der Waals surface area contributed by atoms with Crippen molar-refractivity contribution >= 4 is 17.4 Å². The Bertz CT molecular complexity index is 1210. The van der Waals surface area contributed by atoms with Gasteiger partial charge in [0, 0.05) is 49.8 Å². The van der Waals surface area contributed by atoms with Gasteiger partial charge in [0.2, 0.25) is 0 Å². The minimum absolute atomic E-state index is 0.0291. The minimum atomic E-state index is -0.587. The molecule has 1 aliphatic carbocycles. The third kappa shape index (κ3) is 4.72. The molecule has 190 valence electrons. The summed E-state index contributed by atoms with van der Waals surface area (Å²) >= 11 is 0. The normalized spacial score (nSPS) is 24.0. The maximum Gasteiger partial charge on any atom is 0.336 e. The number of carbonyl (C=O) groups excluding carboxylic acids is 2. The Kier molecular flexibility index (Phi) is 6.75. The van der Waals surface area contributed by atoms with E-state index in [1.54, 1.807) is 0 Å². The van der Waals surface area contributed by atoms with Crippen molar-refractivity contribution < 1.29 is 23.5 Å². The van der Waals surface area contributed by atoms with E-state index in [4.69, 9.17) is 13.9 Å². The van der Waals surface area contributed by atoms with Gasteiger partial charge in [-0.05, 0) is 68.9 Å². The fourth-order valence-electron chi connectivity index (χ4n) is 5.51. The van der Waals surface area contributed by atoms with E-state index >= 15 is 0 Å². The van der Waals surface area contributed by atoms with Crippen molar-refractivity contribution in [3.05, 3.63) is 76.0 Å². The van der Waals surface area contributed by atoms with Gasteiger partial charge in [-0.1, -0.05) is 12.1 Å². The van der Waals surface area contributed by atoms with E-state index in [0.29, 0.717) is 42.1 Å². The van der Waals surface area contributed by atoms with Crippen molar-refractivity contribution in [2.45, 2.75) is 57.5 Å². The summed E-state index contributed by atoms with van der Waals surface area (Å²) in [7, 11) is 4.02. The van der Waals surface area contributed by atoms with E-state index in [0.717, 1.165) is 35.5 Å². The number of hydrogen-bond acceptors (Lipinski definition) is 7. The van der Waals surface area contributed by atoms with Gasteiger partial charge in [-0.3, -0.25) is 4.79 Å². The molecular formula is C29H34N2O5. The van der Waals surface area contributed by atoms with Crippen molar-refractivity contribution in [3.63, 3.8) is 0 Å². The van der Waals surface area contributed by atoms with Crippen molar-refractivity contribution in [1.82, 2.24) is 5.32 Å². The molecule has 0 bridgehead atoms. The Morgan fingerprint density at radius 1 is 1.11 bits per heavy atom. The zero-order valence-electron chi connectivity index (χ0n) is 21.4. The summed E-state index contributed by atoms with van der Waals surface area (Å²) in [5.74, 6) is 0.401. The number of ketones is 1. The lowest BCUT2D eigenvalue weighted by molar-refractivity contribution is -0.142. The first kappa shape index (κ1) is 24.4. The van der Waals surface area contributed by atoms with Crippen molar-refractivity contribution in [3.8, 4) is 0 Å². The number of esters is 1. The maximum atomic E-state index is 13.7. The number of benzene rings is 1. The van der Waals surface area contributed by atoms with Crippen LogP contribution in [0.3, 0.4) is 0 Å². The summed E-state index contributed by atoms with van der Waals surface area (Å²) in [6.07, 6.45) is 2.86. The number of furan rings is 1. The van der Waals surface area contributed by atoms with Crippen molar-refractivity contribution in [2.75, 3.05) is 32.2 Å². The van der Waals surface area contributed by atoms with Crippen molar-refractivity contribution in [2.24, 2.45) is 0 Å². The Labute approximate surface area is 212 Å². The second kappa shape index (κ2) is 9.97. The van der Waals surface area contributed by atoms with Crippen LogP contribution in [0, 0.1) is 6.92 Å². The van der Waals surface area contributed by atoms with Gasteiger partial charge < -0.3 is 24.1 Å². The molecule has 3 atom stereocenters. The number of nitrogens with zero attached hydrogens (tertiary/aromatic N) is 1. The first-order valence-corrected chi connectivity index (χ1v) is 12.7.